The summed E-state index contributed by atoms with van der Waals surface area (Å²) in [7, 11) is 1.66. The number of para-hydroxylation sites is 2. The third kappa shape index (κ3) is 3.96. The highest BCUT2D eigenvalue weighted by Gasteiger charge is 2.05. The largest absolute Gasteiger partial charge is 0.326 e. The fourth-order valence-electron chi connectivity index (χ4n) is 1.45. The average Bonchev–Trinajstić information content (AvgIpc) is 2.47. The fraction of sp³-hybridized carbons (Fsp3) is 0.0667. The molecule has 0 aliphatic rings. The first-order valence-corrected chi connectivity index (χ1v) is 5.94. The van der Waals surface area contributed by atoms with Gasteiger partial charge in [0.25, 0.3) is 0 Å². The number of hydrogen-bond donors (Lipinski definition) is 1. The lowest BCUT2D eigenvalue weighted by molar-refractivity contribution is 0.240. The van der Waals surface area contributed by atoms with E-state index in [1.54, 1.807) is 7.05 Å². The van der Waals surface area contributed by atoms with Crippen molar-refractivity contribution in [2.24, 2.45) is 4.99 Å². The second-order valence-electron chi connectivity index (χ2n) is 3.99. The molecule has 2 aromatic carbocycles. The molecule has 0 unspecified atom stereocenters. The van der Waals surface area contributed by atoms with E-state index in [0.29, 0.717) is 0 Å². The lowest BCUT2D eigenvalue weighted by Gasteiger charge is -2.12. The van der Waals surface area contributed by atoms with Crippen LogP contribution in [0.2, 0.25) is 0 Å². The third-order valence-electron chi connectivity index (χ3n) is 2.48. The maximum absolute atomic E-state index is 11.9. The van der Waals surface area contributed by atoms with E-state index >= 15 is 0 Å². The van der Waals surface area contributed by atoms with Crippen LogP contribution in [0.5, 0.6) is 0 Å². The highest BCUT2D eigenvalue weighted by molar-refractivity contribution is 5.96. The number of rotatable bonds is 3. The zero-order chi connectivity index (χ0) is 13.5. The predicted molar refractivity (Wildman–Crippen MR) is 77.8 cm³/mol. The van der Waals surface area contributed by atoms with Gasteiger partial charge in [0.05, 0.1) is 12.0 Å². The first-order chi connectivity index (χ1) is 9.25. The van der Waals surface area contributed by atoms with Crippen molar-refractivity contribution in [1.29, 1.82) is 0 Å². The predicted octanol–water partition coefficient (Wildman–Crippen LogP) is 3.51. The molecule has 0 atom stereocenters. The van der Waals surface area contributed by atoms with Crippen LogP contribution in [-0.4, -0.2) is 24.3 Å². The molecule has 0 spiro atoms. The Morgan fingerprint density at radius 1 is 1.05 bits per heavy atom. The van der Waals surface area contributed by atoms with E-state index < -0.39 is 0 Å². The van der Waals surface area contributed by atoms with Gasteiger partial charge in [-0.15, -0.1) is 0 Å². The summed E-state index contributed by atoms with van der Waals surface area (Å²) in [6.45, 7) is 0. The first-order valence-electron chi connectivity index (χ1n) is 5.94. The van der Waals surface area contributed by atoms with Crippen LogP contribution in [0.25, 0.3) is 0 Å². The SMILES string of the molecule is CN(C=Nc1ccccc1)C(=O)Nc1ccccc1. The molecule has 0 aliphatic heterocycles. The highest BCUT2D eigenvalue weighted by Crippen LogP contribution is 2.09. The first kappa shape index (κ1) is 12.8. The molecule has 4 nitrogen and oxygen atoms in total. The van der Waals surface area contributed by atoms with Gasteiger partial charge in [-0.2, -0.15) is 0 Å². The van der Waals surface area contributed by atoms with Gasteiger partial charge in [-0.1, -0.05) is 36.4 Å². The van der Waals surface area contributed by atoms with Crippen LogP contribution in [0.4, 0.5) is 16.2 Å². The summed E-state index contributed by atoms with van der Waals surface area (Å²) in [4.78, 5) is 17.5. The van der Waals surface area contributed by atoms with Crippen LogP contribution < -0.4 is 5.32 Å². The van der Waals surface area contributed by atoms with Gasteiger partial charge in [-0.05, 0) is 24.3 Å². The van der Waals surface area contributed by atoms with E-state index in [-0.39, 0.29) is 6.03 Å². The Morgan fingerprint density at radius 2 is 1.63 bits per heavy atom. The number of benzene rings is 2. The van der Waals surface area contributed by atoms with Gasteiger partial charge in [0, 0.05) is 12.7 Å². The molecular weight excluding hydrogens is 238 g/mol. The molecule has 19 heavy (non-hydrogen) atoms. The van der Waals surface area contributed by atoms with Crippen molar-refractivity contribution in [2.75, 3.05) is 12.4 Å². The maximum Gasteiger partial charge on any atom is 0.326 e. The standard InChI is InChI=1S/C15H15N3O/c1-18(12-16-13-8-4-2-5-9-13)15(19)17-14-10-6-3-7-11-14/h2-12H,1H3,(H,17,19). The molecule has 0 aliphatic carbocycles. The van der Waals surface area contributed by atoms with Gasteiger partial charge in [-0.3, -0.25) is 4.90 Å². The Balaban J connectivity index is 1.95. The van der Waals surface area contributed by atoms with Crippen molar-refractivity contribution in [3.63, 3.8) is 0 Å². The molecule has 0 saturated heterocycles. The minimum absolute atomic E-state index is 0.231. The highest BCUT2D eigenvalue weighted by atomic mass is 16.2. The number of carbonyl (C=O) groups is 1. The lowest BCUT2D eigenvalue weighted by Crippen LogP contribution is -2.29. The minimum atomic E-state index is -0.231. The van der Waals surface area contributed by atoms with Crippen molar-refractivity contribution < 1.29 is 4.79 Å². The van der Waals surface area contributed by atoms with E-state index in [1.165, 1.54) is 11.2 Å². The number of hydrogen-bond acceptors (Lipinski definition) is 2. The van der Waals surface area contributed by atoms with E-state index in [0.717, 1.165) is 11.4 Å². The van der Waals surface area contributed by atoms with Crippen molar-refractivity contribution in [1.82, 2.24) is 4.90 Å². The van der Waals surface area contributed by atoms with Crippen LogP contribution in [-0.2, 0) is 0 Å². The van der Waals surface area contributed by atoms with Gasteiger partial charge < -0.3 is 5.32 Å². The van der Waals surface area contributed by atoms with E-state index in [9.17, 15) is 4.79 Å². The smallest absolute Gasteiger partial charge is 0.308 e. The minimum Gasteiger partial charge on any atom is -0.308 e. The number of nitrogens with zero attached hydrogens (tertiary/aromatic N) is 2. The van der Waals surface area contributed by atoms with E-state index in [2.05, 4.69) is 10.3 Å². The van der Waals surface area contributed by atoms with Crippen molar-refractivity contribution >= 4 is 23.7 Å². The second-order valence-corrected chi connectivity index (χ2v) is 3.99. The summed E-state index contributed by atoms with van der Waals surface area (Å²) in [5, 5.41) is 2.77. The molecule has 96 valence electrons. The number of anilines is 1. The fourth-order valence-corrected chi connectivity index (χ4v) is 1.45. The summed E-state index contributed by atoms with van der Waals surface area (Å²) in [5.41, 5.74) is 1.56. The summed E-state index contributed by atoms with van der Waals surface area (Å²) in [5.74, 6) is 0. The van der Waals surface area contributed by atoms with Crippen molar-refractivity contribution in [3.8, 4) is 0 Å². The molecule has 2 rings (SSSR count). The maximum atomic E-state index is 11.9. The second kappa shape index (κ2) is 6.35. The van der Waals surface area contributed by atoms with Gasteiger partial charge >= 0.3 is 6.03 Å². The summed E-state index contributed by atoms with van der Waals surface area (Å²) >= 11 is 0. The Morgan fingerprint density at radius 3 is 2.26 bits per heavy atom. The average molecular weight is 253 g/mol. The van der Waals surface area contributed by atoms with Crippen LogP contribution in [0.15, 0.2) is 65.7 Å². The molecule has 4 heteroatoms. The monoisotopic (exact) mass is 253 g/mol. The Labute approximate surface area is 112 Å². The zero-order valence-electron chi connectivity index (χ0n) is 10.7. The molecule has 0 heterocycles. The Kier molecular flexibility index (Phi) is 4.29. The van der Waals surface area contributed by atoms with Gasteiger partial charge in [0.1, 0.15) is 0 Å². The Hall–Kier alpha value is -2.62. The van der Waals surface area contributed by atoms with E-state index in [1.807, 2.05) is 60.7 Å². The molecular formula is C15H15N3O. The summed E-state index contributed by atoms with van der Waals surface area (Å²) in [6, 6.07) is 18.5. The number of amides is 2. The third-order valence-corrected chi connectivity index (χ3v) is 2.48. The van der Waals surface area contributed by atoms with Gasteiger partial charge in [0.2, 0.25) is 0 Å². The molecule has 0 bridgehead atoms. The van der Waals surface area contributed by atoms with Crippen molar-refractivity contribution in [2.45, 2.75) is 0 Å². The van der Waals surface area contributed by atoms with Crippen LogP contribution in [0.3, 0.4) is 0 Å². The van der Waals surface area contributed by atoms with E-state index in [4.69, 9.17) is 0 Å². The molecule has 0 saturated carbocycles. The van der Waals surface area contributed by atoms with Crippen LogP contribution in [0.1, 0.15) is 0 Å². The lowest BCUT2D eigenvalue weighted by atomic mass is 10.3. The molecule has 2 amide bonds. The molecule has 2 aromatic rings. The Bertz CT molecular complexity index is 552. The van der Waals surface area contributed by atoms with Gasteiger partial charge in [0.15, 0.2) is 0 Å². The molecule has 0 radical (unpaired) electrons. The van der Waals surface area contributed by atoms with Crippen molar-refractivity contribution in [3.05, 3.63) is 60.7 Å². The number of urea groups is 1. The molecule has 1 N–H and O–H groups in total. The summed E-state index contributed by atoms with van der Waals surface area (Å²) < 4.78 is 0. The number of carbonyl (C=O) groups excluding carboxylic acids is 1. The normalized spacial score (nSPS) is 10.4. The van der Waals surface area contributed by atoms with Crippen LogP contribution in [0, 0.1) is 0 Å². The molecule has 0 aromatic heterocycles. The topological polar surface area (TPSA) is 44.7 Å². The quantitative estimate of drug-likeness (QED) is 0.660. The summed E-state index contributed by atoms with van der Waals surface area (Å²) in [6.07, 6.45) is 1.49. The van der Waals surface area contributed by atoms with Crippen LogP contribution >= 0.6 is 0 Å². The zero-order valence-corrected chi connectivity index (χ0v) is 10.7. The number of aliphatic imine (C=N–C) groups is 1. The number of nitrogens with one attached hydrogen (secondary N) is 1. The van der Waals surface area contributed by atoms with Gasteiger partial charge in [-0.25, -0.2) is 9.79 Å². The molecule has 0 fully saturated rings.